The Morgan fingerprint density at radius 1 is 1.50 bits per heavy atom. The summed E-state index contributed by atoms with van der Waals surface area (Å²) in [5.41, 5.74) is 7.90. The lowest BCUT2D eigenvalue weighted by Gasteiger charge is -2.18. The van der Waals surface area contributed by atoms with Crippen molar-refractivity contribution >= 4 is 11.6 Å². The van der Waals surface area contributed by atoms with E-state index in [1.165, 1.54) is 0 Å². The van der Waals surface area contributed by atoms with Crippen LogP contribution in [0.4, 0.5) is 5.69 Å². The molecule has 0 atom stereocenters. The van der Waals surface area contributed by atoms with Crippen LogP contribution in [0.25, 0.3) is 0 Å². The van der Waals surface area contributed by atoms with Gasteiger partial charge in [0.2, 0.25) is 0 Å². The van der Waals surface area contributed by atoms with E-state index in [0.717, 1.165) is 5.56 Å². The van der Waals surface area contributed by atoms with Crippen LogP contribution >= 0.6 is 0 Å². The topological polar surface area (TPSA) is 55.6 Å². The van der Waals surface area contributed by atoms with E-state index in [9.17, 15) is 4.79 Å². The fourth-order valence-electron chi connectivity index (χ4n) is 1.40. The Labute approximate surface area is 96.0 Å². The van der Waals surface area contributed by atoms with Crippen LogP contribution in [0.3, 0.4) is 0 Å². The van der Waals surface area contributed by atoms with Gasteiger partial charge in [-0.15, -0.1) is 0 Å². The molecule has 0 aliphatic carbocycles. The van der Waals surface area contributed by atoms with Gasteiger partial charge in [-0.3, -0.25) is 4.79 Å². The van der Waals surface area contributed by atoms with Crippen molar-refractivity contribution in [1.82, 2.24) is 4.90 Å². The van der Waals surface area contributed by atoms with Crippen molar-refractivity contribution in [3.8, 4) is 0 Å². The molecular weight excluding hydrogens is 204 g/mol. The Morgan fingerprint density at radius 2 is 2.19 bits per heavy atom. The molecule has 4 nitrogen and oxygen atoms in total. The number of hydrogen-bond acceptors (Lipinski definition) is 3. The first kappa shape index (κ1) is 12.5. The molecule has 16 heavy (non-hydrogen) atoms. The normalized spacial score (nSPS) is 10.2. The molecule has 1 aromatic rings. The summed E-state index contributed by atoms with van der Waals surface area (Å²) in [7, 11) is 3.35. The van der Waals surface area contributed by atoms with E-state index in [4.69, 9.17) is 10.5 Å². The fraction of sp³-hybridized carbons (Fsp3) is 0.417. The number of likely N-dealkylation sites (N-methyl/N-ethyl adjacent to an activating group) is 1. The summed E-state index contributed by atoms with van der Waals surface area (Å²) in [6.07, 6.45) is 0. The standard InChI is InChI=1S/C12H18N2O2/c1-9-5-4-6-10(11(9)13)12(15)14(2)7-8-16-3/h4-6H,7-8,13H2,1-3H3. The summed E-state index contributed by atoms with van der Waals surface area (Å²) >= 11 is 0. The van der Waals surface area contributed by atoms with Gasteiger partial charge in [0.15, 0.2) is 0 Å². The number of carbonyl (C=O) groups excluding carboxylic acids is 1. The number of aryl methyl sites for hydroxylation is 1. The Balaban J connectivity index is 2.84. The highest BCUT2D eigenvalue weighted by atomic mass is 16.5. The van der Waals surface area contributed by atoms with E-state index in [1.807, 2.05) is 19.1 Å². The number of methoxy groups -OCH3 is 1. The third-order valence-corrected chi connectivity index (χ3v) is 2.53. The summed E-state index contributed by atoms with van der Waals surface area (Å²) in [4.78, 5) is 13.6. The van der Waals surface area contributed by atoms with Crippen molar-refractivity contribution in [1.29, 1.82) is 0 Å². The smallest absolute Gasteiger partial charge is 0.255 e. The van der Waals surface area contributed by atoms with Crippen LogP contribution in [-0.4, -0.2) is 38.1 Å². The molecule has 0 aliphatic heterocycles. The maximum Gasteiger partial charge on any atom is 0.255 e. The summed E-state index contributed by atoms with van der Waals surface area (Å²) < 4.78 is 4.93. The molecule has 0 aromatic heterocycles. The number of anilines is 1. The van der Waals surface area contributed by atoms with Gasteiger partial charge in [-0.1, -0.05) is 12.1 Å². The Hall–Kier alpha value is -1.55. The number of nitrogen functional groups attached to an aromatic ring is 1. The first-order valence-electron chi connectivity index (χ1n) is 5.17. The highest BCUT2D eigenvalue weighted by molar-refractivity contribution is 5.99. The molecule has 0 saturated heterocycles. The number of hydrogen-bond donors (Lipinski definition) is 1. The summed E-state index contributed by atoms with van der Waals surface area (Å²) in [5, 5.41) is 0. The van der Waals surface area contributed by atoms with Crippen molar-refractivity contribution in [2.24, 2.45) is 0 Å². The van der Waals surface area contributed by atoms with Gasteiger partial charge in [-0.25, -0.2) is 0 Å². The monoisotopic (exact) mass is 222 g/mol. The van der Waals surface area contributed by atoms with Gasteiger partial charge >= 0.3 is 0 Å². The average Bonchev–Trinajstić information content (AvgIpc) is 2.28. The number of amides is 1. The lowest BCUT2D eigenvalue weighted by atomic mass is 10.1. The molecule has 0 bridgehead atoms. The number of para-hydroxylation sites is 1. The molecular formula is C12H18N2O2. The predicted octanol–water partition coefficient (Wildman–Crippen LogP) is 1.30. The summed E-state index contributed by atoms with van der Waals surface area (Å²) in [5.74, 6) is -0.0711. The van der Waals surface area contributed by atoms with Gasteiger partial charge in [0, 0.05) is 26.4 Å². The zero-order chi connectivity index (χ0) is 12.1. The molecule has 2 N–H and O–H groups in total. The molecule has 0 aliphatic rings. The minimum atomic E-state index is -0.0711. The predicted molar refractivity (Wildman–Crippen MR) is 64.4 cm³/mol. The van der Waals surface area contributed by atoms with Gasteiger partial charge in [0.05, 0.1) is 12.2 Å². The zero-order valence-corrected chi connectivity index (χ0v) is 9.99. The molecule has 1 amide bonds. The highest BCUT2D eigenvalue weighted by Gasteiger charge is 2.14. The van der Waals surface area contributed by atoms with Crippen LogP contribution < -0.4 is 5.73 Å². The quantitative estimate of drug-likeness (QED) is 0.781. The fourth-order valence-corrected chi connectivity index (χ4v) is 1.40. The first-order chi connectivity index (χ1) is 7.57. The number of nitrogens with zero attached hydrogens (tertiary/aromatic N) is 1. The molecule has 0 fully saturated rings. The van der Waals surface area contributed by atoms with Crippen LogP contribution in [0, 0.1) is 6.92 Å². The van der Waals surface area contributed by atoms with Crippen LogP contribution in [0.2, 0.25) is 0 Å². The van der Waals surface area contributed by atoms with E-state index in [-0.39, 0.29) is 5.91 Å². The van der Waals surface area contributed by atoms with Crippen LogP contribution in [0.5, 0.6) is 0 Å². The van der Waals surface area contributed by atoms with E-state index >= 15 is 0 Å². The highest BCUT2D eigenvalue weighted by Crippen LogP contribution is 2.17. The molecule has 4 heteroatoms. The SMILES string of the molecule is COCCN(C)C(=O)c1cccc(C)c1N. The minimum absolute atomic E-state index is 0.0711. The molecule has 0 unspecified atom stereocenters. The van der Waals surface area contributed by atoms with Crippen LogP contribution in [0.15, 0.2) is 18.2 Å². The number of ether oxygens (including phenoxy) is 1. The molecule has 0 spiro atoms. The van der Waals surface area contributed by atoms with E-state index < -0.39 is 0 Å². The van der Waals surface area contributed by atoms with Gasteiger partial charge in [0.25, 0.3) is 5.91 Å². The number of nitrogens with two attached hydrogens (primary N) is 1. The maximum absolute atomic E-state index is 12.0. The van der Waals surface area contributed by atoms with Gasteiger partial charge in [-0.05, 0) is 18.6 Å². The zero-order valence-electron chi connectivity index (χ0n) is 9.99. The van der Waals surface area contributed by atoms with Crippen molar-refractivity contribution < 1.29 is 9.53 Å². The van der Waals surface area contributed by atoms with Crippen LogP contribution in [-0.2, 0) is 4.74 Å². The van der Waals surface area contributed by atoms with E-state index in [2.05, 4.69) is 0 Å². The van der Waals surface area contributed by atoms with Crippen molar-refractivity contribution in [2.45, 2.75) is 6.92 Å². The summed E-state index contributed by atoms with van der Waals surface area (Å²) in [6, 6.07) is 5.47. The van der Waals surface area contributed by atoms with E-state index in [0.29, 0.717) is 24.4 Å². The Bertz CT molecular complexity index is 377. The van der Waals surface area contributed by atoms with Crippen LogP contribution in [0.1, 0.15) is 15.9 Å². The number of benzene rings is 1. The number of carbonyl (C=O) groups is 1. The van der Waals surface area contributed by atoms with E-state index in [1.54, 1.807) is 25.1 Å². The second kappa shape index (κ2) is 5.51. The second-order valence-corrected chi connectivity index (χ2v) is 3.76. The average molecular weight is 222 g/mol. The third-order valence-electron chi connectivity index (χ3n) is 2.53. The summed E-state index contributed by atoms with van der Waals surface area (Å²) in [6.45, 7) is 2.97. The Morgan fingerprint density at radius 3 is 2.81 bits per heavy atom. The van der Waals surface area contributed by atoms with Gasteiger partial charge in [0.1, 0.15) is 0 Å². The molecule has 0 heterocycles. The lowest BCUT2D eigenvalue weighted by molar-refractivity contribution is 0.0745. The molecule has 1 rings (SSSR count). The largest absolute Gasteiger partial charge is 0.398 e. The first-order valence-corrected chi connectivity index (χ1v) is 5.17. The molecule has 0 radical (unpaired) electrons. The molecule has 1 aromatic carbocycles. The second-order valence-electron chi connectivity index (χ2n) is 3.76. The maximum atomic E-state index is 12.0. The Kier molecular flexibility index (Phi) is 4.31. The van der Waals surface area contributed by atoms with Crippen molar-refractivity contribution in [3.05, 3.63) is 29.3 Å². The van der Waals surface area contributed by atoms with Crippen molar-refractivity contribution in [3.63, 3.8) is 0 Å². The van der Waals surface area contributed by atoms with Gasteiger partial charge < -0.3 is 15.4 Å². The molecule has 88 valence electrons. The number of rotatable bonds is 4. The minimum Gasteiger partial charge on any atom is -0.398 e. The molecule has 0 saturated carbocycles. The van der Waals surface area contributed by atoms with Gasteiger partial charge in [-0.2, -0.15) is 0 Å². The van der Waals surface area contributed by atoms with Crippen molar-refractivity contribution in [2.75, 3.05) is 33.0 Å². The third kappa shape index (κ3) is 2.73. The lowest BCUT2D eigenvalue weighted by Crippen LogP contribution is -2.30.